The van der Waals surface area contributed by atoms with E-state index in [1.54, 1.807) is 41.5 Å². The molecule has 150 valence electrons. The Kier molecular flexibility index (Phi) is 7.66. The van der Waals surface area contributed by atoms with Crippen molar-refractivity contribution in [3.8, 4) is 0 Å². The van der Waals surface area contributed by atoms with Gasteiger partial charge in [-0.2, -0.15) is 0 Å². The molecular weight excluding hydrogens is 334 g/mol. The zero-order chi connectivity index (χ0) is 20.1. The largest absolute Gasteiger partial charge is 0.480 e. The summed E-state index contributed by atoms with van der Waals surface area (Å²) in [5, 5.41) is 12.1. The molecule has 0 aromatic carbocycles. The van der Waals surface area contributed by atoms with Crippen LogP contribution in [0.4, 0.5) is 0 Å². The highest BCUT2D eigenvalue weighted by atomic mass is 16.6. The number of carboxylic acids is 1. The van der Waals surface area contributed by atoms with Crippen molar-refractivity contribution in [1.29, 1.82) is 0 Å². The summed E-state index contributed by atoms with van der Waals surface area (Å²) in [4.78, 5) is 36.6. The maximum absolute atomic E-state index is 12.8. The SMILES string of the molecule is CC(C)(C)OC(=O)C[C@@H](CC1CCCC1)C(=O)N[C@H](C(=O)O)C(C)(C)C. The van der Waals surface area contributed by atoms with Crippen LogP contribution in [0, 0.1) is 17.3 Å². The molecule has 0 aliphatic heterocycles. The van der Waals surface area contributed by atoms with Crippen LogP contribution in [0.25, 0.3) is 0 Å². The molecule has 0 saturated heterocycles. The molecule has 2 N–H and O–H groups in total. The Bertz CT molecular complexity index is 509. The van der Waals surface area contributed by atoms with Gasteiger partial charge in [0.25, 0.3) is 0 Å². The number of hydrogen-bond donors (Lipinski definition) is 2. The minimum absolute atomic E-state index is 0.0178. The Morgan fingerprint density at radius 3 is 2.04 bits per heavy atom. The van der Waals surface area contributed by atoms with Gasteiger partial charge in [-0.3, -0.25) is 9.59 Å². The molecule has 26 heavy (non-hydrogen) atoms. The summed E-state index contributed by atoms with van der Waals surface area (Å²) in [6.45, 7) is 10.7. The van der Waals surface area contributed by atoms with Crippen molar-refractivity contribution in [2.75, 3.05) is 0 Å². The summed E-state index contributed by atoms with van der Waals surface area (Å²) < 4.78 is 5.37. The zero-order valence-corrected chi connectivity index (χ0v) is 17.1. The number of carbonyl (C=O) groups is 3. The second kappa shape index (κ2) is 8.87. The van der Waals surface area contributed by atoms with Crippen LogP contribution >= 0.6 is 0 Å². The van der Waals surface area contributed by atoms with E-state index >= 15 is 0 Å². The number of amides is 1. The van der Waals surface area contributed by atoms with E-state index in [9.17, 15) is 19.5 Å². The van der Waals surface area contributed by atoms with Crippen molar-refractivity contribution in [1.82, 2.24) is 5.32 Å². The van der Waals surface area contributed by atoms with Gasteiger partial charge < -0.3 is 15.2 Å². The fourth-order valence-electron chi connectivity index (χ4n) is 3.42. The Hall–Kier alpha value is -1.59. The van der Waals surface area contributed by atoms with Crippen LogP contribution in [0.3, 0.4) is 0 Å². The first kappa shape index (κ1) is 22.5. The number of carboxylic acid groups (broad SMARTS) is 1. The molecule has 0 radical (unpaired) electrons. The van der Waals surface area contributed by atoms with Crippen molar-refractivity contribution in [3.05, 3.63) is 0 Å². The Morgan fingerprint density at radius 2 is 1.62 bits per heavy atom. The normalized spacial score (nSPS) is 18.2. The maximum atomic E-state index is 12.8. The lowest BCUT2D eigenvalue weighted by Gasteiger charge is -2.30. The predicted molar refractivity (Wildman–Crippen MR) is 99.5 cm³/mol. The highest BCUT2D eigenvalue weighted by molar-refractivity contribution is 5.88. The average molecular weight is 370 g/mol. The third-order valence-corrected chi connectivity index (χ3v) is 4.70. The molecule has 0 bridgehead atoms. The van der Waals surface area contributed by atoms with E-state index in [4.69, 9.17) is 4.74 Å². The topological polar surface area (TPSA) is 92.7 Å². The van der Waals surface area contributed by atoms with Crippen LogP contribution < -0.4 is 5.32 Å². The van der Waals surface area contributed by atoms with E-state index in [0.29, 0.717) is 12.3 Å². The van der Waals surface area contributed by atoms with Gasteiger partial charge in [0.05, 0.1) is 6.42 Å². The second-order valence-corrected chi connectivity index (χ2v) is 9.52. The lowest BCUT2D eigenvalue weighted by molar-refractivity contribution is -0.157. The lowest BCUT2D eigenvalue weighted by Crippen LogP contribution is -2.51. The molecule has 0 unspecified atom stereocenters. The standard InChI is InChI=1S/C20H35NO5/c1-19(2,3)16(18(24)25)21-17(23)14(11-13-9-7-8-10-13)12-15(22)26-20(4,5)6/h13-14,16H,7-12H2,1-6H3,(H,21,23)(H,24,25)/t14-,16-/m1/s1. The molecule has 1 saturated carbocycles. The molecule has 2 atom stereocenters. The first-order valence-corrected chi connectivity index (χ1v) is 9.54. The first-order valence-electron chi connectivity index (χ1n) is 9.54. The van der Waals surface area contributed by atoms with Gasteiger partial charge in [0, 0.05) is 5.92 Å². The first-order chi connectivity index (χ1) is 11.8. The number of aliphatic carboxylic acids is 1. The van der Waals surface area contributed by atoms with Gasteiger partial charge in [0.1, 0.15) is 11.6 Å². The van der Waals surface area contributed by atoms with Crippen molar-refractivity contribution in [2.45, 2.75) is 91.7 Å². The van der Waals surface area contributed by atoms with Crippen LogP contribution in [-0.2, 0) is 19.1 Å². The number of esters is 1. The van der Waals surface area contributed by atoms with Crippen LogP contribution in [0.5, 0.6) is 0 Å². The maximum Gasteiger partial charge on any atom is 0.326 e. The van der Waals surface area contributed by atoms with E-state index in [2.05, 4.69) is 5.32 Å². The highest BCUT2D eigenvalue weighted by Crippen LogP contribution is 2.32. The summed E-state index contributed by atoms with van der Waals surface area (Å²) in [6, 6.07) is -1.00. The van der Waals surface area contributed by atoms with Crippen LogP contribution in [-0.4, -0.2) is 34.6 Å². The van der Waals surface area contributed by atoms with Crippen molar-refractivity contribution < 1.29 is 24.2 Å². The quantitative estimate of drug-likeness (QED) is 0.670. The second-order valence-electron chi connectivity index (χ2n) is 9.52. The summed E-state index contributed by atoms with van der Waals surface area (Å²) >= 11 is 0. The smallest absolute Gasteiger partial charge is 0.326 e. The molecular formula is C20H35NO5. The van der Waals surface area contributed by atoms with E-state index < -0.39 is 34.9 Å². The minimum Gasteiger partial charge on any atom is -0.480 e. The summed E-state index contributed by atoms with van der Waals surface area (Å²) in [6.07, 6.45) is 4.98. The molecule has 0 aromatic rings. The van der Waals surface area contributed by atoms with Crippen LogP contribution in [0.2, 0.25) is 0 Å². The molecule has 1 aliphatic carbocycles. The Morgan fingerprint density at radius 1 is 1.08 bits per heavy atom. The van der Waals surface area contributed by atoms with Crippen molar-refractivity contribution in [2.24, 2.45) is 17.3 Å². The predicted octanol–water partition coefficient (Wildman–Crippen LogP) is 3.53. The van der Waals surface area contributed by atoms with Gasteiger partial charge >= 0.3 is 11.9 Å². The molecule has 1 amide bonds. The number of rotatable bonds is 7. The molecule has 1 rings (SSSR count). The molecule has 1 fully saturated rings. The van der Waals surface area contributed by atoms with E-state index in [-0.39, 0.29) is 12.3 Å². The van der Waals surface area contributed by atoms with Crippen LogP contribution in [0.15, 0.2) is 0 Å². The summed E-state index contributed by atoms with van der Waals surface area (Å²) in [7, 11) is 0. The summed E-state index contributed by atoms with van der Waals surface area (Å²) in [5.74, 6) is -2.01. The molecule has 1 aliphatic rings. The Balaban J connectivity index is 2.86. The van der Waals surface area contributed by atoms with Gasteiger partial charge in [-0.05, 0) is 38.5 Å². The molecule has 6 heteroatoms. The molecule has 0 aromatic heterocycles. The lowest BCUT2D eigenvalue weighted by atomic mass is 9.85. The summed E-state index contributed by atoms with van der Waals surface area (Å²) in [5.41, 5.74) is -1.23. The van der Waals surface area contributed by atoms with E-state index in [1.165, 1.54) is 0 Å². The van der Waals surface area contributed by atoms with Gasteiger partial charge in [-0.25, -0.2) is 4.79 Å². The van der Waals surface area contributed by atoms with Gasteiger partial charge in [0.2, 0.25) is 5.91 Å². The average Bonchev–Trinajstić information content (AvgIpc) is 2.92. The van der Waals surface area contributed by atoms with Gasteiger partial charge in [-0.15, -0.1) is 0 Å². The molecule has 6 nitrogen and oxygen atoms in total. The third-order valence-electron chi connectivity index (χ3n) is 4.70. The van der Waals surface area contributed by atoms with Gasteiger partial charge in [-0.1, -0.05) is 46.5 Å². The zero-order valence-electron chi connectivity index (χ0n) is 17.1. The van der Waals surface area contributed by atoms with E-state index in [1.807, 2.05) is 0 Å². The van der Waals surface area contributed by atoms with E-state index in [0.717, 1.165) is 25.7 Å². The number of hydrogen-bond acceptors (Lipinski definition) is 4. The Labute approximate surface area is 157 Å². The third kappa shape index (κ3) is 7.75. The number of ether oxygens (including phenoxy) is 1. The van der Waals surface area contributed by atoms with Gasteiger partial charge in [0.15, 0.2) is 0 Å². The number of nitrogens with one attached hydrogen (secondary N) is 1. The molecule has 0 heterocycles. The van der Waals surface area contributed by atoms with Crippen molar-refractivity contribution in [3.63, 3.8) is 0 Å². The highest BCUT2D eigenvalue weighted by Gasteiger charge is 2.36. The fourth-order valence-corrected chi connectivity index (χ4v) is 3.42. The molecule has 0 spiro atoms. The monoisotopic (exact) mass is 369 g/mol. The number of carbonyl (C=O) groups excluding carboxylic acids is 2. The fraction of sp³-hybridized carbons (Fsp3) is 0.850. The van der Waals surface area contributed by atoms with Crippen molar-refractivity contribution >= 4 is 17.8 Å². The minimum atomic E-state index is -1.07. The van der Waals surface area contributed by atoms with Crippen LogP contribution in [0.1, 0.15) is 80.1 Å².